The van der Waals surface area contributed by atoms with Gasteiger partial charge in [0.1, 0.15) is 5.82 Å². The highest BCUT2D eigenvalue weighted by Crippen LogP contribution is 2.23. The lowest BCUT2D eigenvalue weighted by Gasteiger charge is -2.15. The van der Waals surface area contributed by atoms with E-state index in [9.17, 15) is 4.39 Å². The van der Waals surface area contributed by atoms with E-state index >= 15 is 0 Å². The molecule has 0 saturated heterocycles. The summed E-state index contributed by atoms with van der Waals surface area (Å²) in [5.74, 6) is -0.218. The van der Waals surface area contributed by atoms with Crippen molar-refractivity contribution in [1.82, 2.24) is 5.32 Å². The lowest BCUT2D eigenvalue weighted by molar-refractivity contribution is 0.525. The van der Waals surface area contributed by atoms with Crippen LogP contribution in [0.2, 0.25) is 0 Å². The quantitative estimate of drug-likeness (QED) is 0.824. The Hall–Kier alpha value is -0.710. The van der Waals surface area contributed by atoms with Crippen LogP contribution >= 0.6 is 27.3 Å². The lowest BCUT2D eigenvalue weighted by atomic mass is 10.1. The van der Waals surface area contributed by atoms with Crippen LogP contribution in [-0.2, 0) is 6.54 Å². The first-order valence-electron chi connectivity index (χ1n) is 5.91. The van der Waals surface area contributed by atoms with Gasteiger partial charge in [0, 0.05) is 17.5 Å². The van der Waals surface area contributed by atoms with Crippen LogP contribution in [0, 0.1) is 5.82 Å². The minimum atomic E-state index is -0.218. The van der Waals surface area contributed by atoms with Gasteiger partial charge < -0.3 is 5.32 Å². The molecule has 18 heavy (non-hydrogen) atoms. The maximum absolute atomic E-state index is 13.1. The minimum Gasteiger partial charge on any atom is -0.305 e. The van der Waals surface area contributed by atoms with E-state index < -0.39 is 0 Å². The molecule has 1 aromatic carbocycles. The Morgan fingerprint density at radius 1 is 1.39 bits per heavy atom. The van der Waals surface area contributed by atoms with E-state index in [1.807, 2.05) is 12.1 Å². The molecule has 0 fully saturated rings. The summed E-state index contributed by atoms with van der Waals surface area (Å²) in [6.07, 6.45) is 1.04. The molecule has 0 aliphatic rings. The van der Waals surface area contributed by atoms with E-state index in [0.29, 0.717) is 10.5 Å². The van der Waals surface area contributed by atoms with Gasteiger partial charge in [-0.1, -0.05) is 19.1 Å². The third-order valence-corrected chi connectivity index (χ3v) is 4.43. The molecule has 0 aliphatic heterocycles. The van der Waals surface area contributed by atoms with Crippen LogP contribution in [0.5, 0.6) is 0 Å². The highest BCUT2D eigenvalue weighted by Gasteiger charge is 2.09. The van der Waals surface area contributed by atoms with Gasteiger partial charge in [-0.2, -0.15) is 0 Å². The number of rotatable bonds is 5. The number of halogens is 2. The zero-order valence-electron chi connectivity index (χ0n) is 10.1. The average Bonchev–Trinajstić information content (AvgIpc) is 2.88. The van der Waals surface area contributed by atoms with Gasteiger partial charge in [-0.05, 0) is 51.5 Å². The molecule has 1 N–H and O–H groups in total. The Balaban J connectivity index is 1.99. The van der Waals surface area contributed by atoms with Gasteiger partial charge in [-0.3, -0.25) is 0 Å². The van der Waals surface area contributed by atoms with E-state index in [-0.39, 0.29) is 5.82 Å². The van der Waals surface area contributed by atoms with Crippen molar-refractivity contribution in [3.05, 3.63) is 56.4 Å². The molecular formula is C14H15BrFNS. The molecule has 0 spiro atoms. The predicted molar refractivity (Wildman–Crippen MR) is 78.3 cm³/mol. The van der Waals surface area contributed by atoms with Crippen molar-refractivity contribution in [2.75, 3.05) is 0 Å². The molecule has 0 bridgehead atoms. The minimum absolute atomic E-state index is 0.218. The summed E-state index contributed by atoms with van der Waals surface area (Å²) in [5, 5.41) is 5.59. The van der Waals surface area contributed by atoms with Crippen LogP contribution in [0.4, 0.5) is 4.39 Å². The second-order valence-electron chi connectivity index (χ2n) is 4.11. The number of nitrogens with one attached hydrogen (secondary N) is 1. The molecule has 0 radical (unpaired) electrons. The Bertz CT molecular complexity index is 499. The Labute approximate surface area is 119 Å². The molecule has 1 aromatic heterocycles. The fourth-order valence-corrected chi connectivity index (χ4v) is 3.14. The van der Waals surface area contributed by atoms with Gasteiger partial charge in [-0.25, -0.2) is 4.39 Å². The molecule has 4 heteroatoms. The van der Waals surface area contributed by atoms with Crippen LogP contribution in [-0.4, -0.2) is 0 Å². The maximum Gasteiger partial charge on any atom is 0.137 e. The van der Waals surface area contributed by atoms with Crippen molar-refractivity contribution in [2.24, 2.45) is 0 Å². The van der Waals surface area contributed by atoms with E-state index in [1.54, 1.807) is 11.3 Å². The first-order chi connectivity index (χ1) is 8.70. The largest absolute Gasteiger partial charge is 0.305 e. The van der Waals surface area contributed by atoms with Crippen molar-refractivity contribution in [3.8, 4) is 0 Å². The van der Waals surface area contributed by atoms with Crippen molar-refractivity contribution in [2.45, 2.75) is 25.9 Å². The standard InChI is InChI=1S/C14H15BrFNS/c1-2-13(14-4-3-7-18-14)17-9-10-5-6-12(16)11(15)8-10/h3-8,13,17H,2,9H2,1H3. The van der Waals surface area contributed by atoms with Crippen molar-refractivity contribution in [3.63, 3.8) is 0 Å². The van der Waals surface area contributed by atoms with E-state index in [1.165, 1.54) is 10.9 Å². The predicted octanol–water partition coefficient (Wildman–Crippen LogP) is 4.89. The third-order valence-electron chi connectivity index (χ3n) is 2.83. The first kappa shape index (κ1) is 13.7. The van der Waals surface area contributed by atoms with Gasteiger partial charge in [0.2, 0.25) is 0 Å². The molecule has 1 atom stereocenters. The molecule has 1 nitrogen and oxygen atoms in total. The highest BCUT2D eigenvalue weighted by atomic mass is 79.9. The van der Waals surface area contributed by atoms with Gasteiger partial charge in [-0.15, -0.1) is 11.3 Å². The fraction of sp³-hybridized carbons (Fsp3) is 0.286. The molecular weight excluding hydrogens is 313 g/mol. The normalized spacial score (nSPS) is 12.6. The van der Waals surface area contributed by atoms with Crippen LogP contribution in [0.15, 0.2) is 40.2 Å². The summed E-state index contributed by atoms with van der Waals surface area (Å²) in [6, 6.07) is 9.71. The molecule has 2 aromatic rings. The summed E-state index contributed by atoms with van der Waals surface area (Å²) in [7, 11) is 0. The summed E-state index contributed by atoms with van der Waals surface area (Å²) in [4.78, 5) is 1.35. The second-order valence-corrected chi connectivity index (χ2v) is 5.94. The van der Waals surface area contributed by atoms with Gasteiger partial charge in [0.15, 0.2) is 0 Å². The van der Waals surface area contributed by atoms with Crippen LogP contribution in [0.1, 0.15) is 29.8 Å². The van der Waals surface area contributed by atoms with E-state index in [4.69, 9.17) is 0 Å². The summed E-state index contributed by atoms with van der Waals surface area (Å²) in [6.45, 7) is 2.91. The molecule has 2 rings (SSSR count). The monoisotopic (exact) mass is 327 g/mol. The maximum atomic E-state index is 13.1. The van der Waals surface area contributed by atoms with Crippen molar-refractivity contribution < 1.29 is 4.39 Å². The Morgan fingerprint density at radius 2 is 2.22 bits per heavy atom. The third kappa shape index (κ3) is 3.40. The number of hydrogen-bond donors (Lipinski definition) is 1. The van der Waals surface area contributed by atoms with Crippen LogP contribution in [0.3, 0.4) is 0 Å². The number of benzene rings is 1. The molecule has 0 aliphatic carbocycles. The Morgan fingerprint density at radius 3 is 2.83 bits per heavy atom. The van der Waals surface area contributed by atoms with Crippen molar-refractivity contribution in [1.29, 1.82) is 0 Å². The second kappa shape index (κ2) is 6.45. The highest BCUT2D eigenvalue weighted by molar-refractivity contribution is 9.10. The molecule has 1 unspecified atom stereocenters. The zero-order chi connectivity index (χ0) is 13.0. The summed E-state index contributed by atoms with van der Waals surface area (Å²) in [5.41, 5.74) is 1.08. The molecule has 0 saturated carbocycles. The molecule has 96 valence electrons. The number of hydrogen-bond acceptors (Lipinski definition) is 2. The molecule has 1 heterocycles. The van der Waals surface area contributed by atoms with Crippen molar-refractivity contribution >= 4 is 27.3 Å². The number of thiophene rings is 1. The summed E-state index contributed by atoms with van der Waals surface area (Å²) >= 11 is 4.97. The summed E-state index contributed by atoms with van der Waals surface area (Å²) < 4.78 is 13.6. The Kier molecular flexibility index (Phi) is 4.92. The van der Waals surface area contributed by atoms with Crippen LogP contribution in [0.25, 0.3) is 0 Å². The van der Waals surface area contributed by atoms with Gasteiger partial charge in [0.05, 0.1) is 4.47 Å². The topological polar surface area (TPSA) is 12.0 Å². The molecule has 0 amide bonds. The first-order valence-corrected chi connectivity index (χ1v) is 7.58. The lowest BCUT2D eigenvalue weighted by Crippen LogP contribution is -2.19. The average molecular weight is 328 g/mol. The van der Waals surface area contributed by atoms with E-state index in [2.05, 4.69) is 45.7 Å². The SMILES string of the molecule is CCC(NCc1ccc(F)c(Br)c1)c1cccs1. The smallest absolute Gasteiger partial charge is 0.137 e. The van der Waals surface area contributed by atoms with Gasteiger partial charge >= 0.3 is 0 Å². The van der Waals surface area contributed by atoms with E-state index in [0.717, 1.165) is 18.5 Å². The van der Waals surface area contributed by atoms with Gasteiger partial charge in [0.25, 0.3) is 0 Å². The van der Waals surface area contributed by atoms with Crippen LogP contribution < -0.4 is 5.32 Å². The zero-order valence-corrected chi connectivity index (χ0v) is 12.5. The fourth-order valence-electron chi connectivity index (χ4n) is 1.83.